The third-order valence-corrected chi connectivity index (χ3v) is 3.06. The monoisotopic (exact) mass is 304 g/mol. The fraction of sp³-hybridized carbons (Fsp3) is 0. The number of nitrogens with zero attached hydrogens (tertiary/aromatic N) is 3. The summed E-state index contributed by atoms with van der Waals surface area (Å²) < 4.78 is 8.36. The second-order valence-corrected chi connectivity index (χ2v) is 4.52. The van der Waals surface area contributed by atoms with Crippen LogP contribution in [0.3, 0.4) is 0 Å². The molecule has 0 fully saturated rings. The van der Waals surface area contributed by atoms with Crippen LogP contribution in [0, 0.1) is 0 Å². The van der Waals surface area contributed by atoms with Crippen LogP contribution in [-0.2, 0) is 0 Å². The van der Waals surface area contributed by atoms with Gasteiger partial charge >= 0.3 is 0 Å². The molecule has 0 aliphatic heterocycles. The number of nitrogen functional groups attached to an aromatic ring is 1. The van der Waals surface area contributed by atoms with Gasteiger partial charge in [0.25, 0.3) is 5.88 Å². The molecule has 2 heterocycles. The number of aromatic nitrogens is 3. The van der Waals surface area contributed by atoms with E-state index in [0.29, 0.717) is 23.1 Å². The smallest absolute Gasteiger partial charge is 0.265 e. The number of halogens is 1. The average molecular weight is 305 g/mol. The minimum absolute atomic E-state index is 0.377. The SMILES string of the molecule is Nc1cn2ccnc2c(Oc2ccccc2Br)n1. The summed E-state index contributed by atoms with van der Waals surface area (Å²) in [6, 6.07) is 7.53. The molecule has 0 aliphatic carbocycles. The number of benzene rings is 1. The molecule has 0 atom stereocenters. The van der Waals surface area contributed by atoms with Crippen molar-refractivity contribution in [1.29, 1.82) is 0 Å². The Bertz CT molecular complexity index is 710. The number of para-hydroxylation sites is 1. The van der Waals surface area contributed by atoms with Crippen molar-refractivity contribution in [2.45, 2.75) is 0 Å². The fourth-order valence-corrected chi connectivity index (χ4v) is 1.99. The molecule has 0 bridgehead atoms. The van der Waals surface area contributed by atoms with Gasteiger partial charge in [0, 0.05) is 12.4 Å². The van der Waals surface area contributed by atoms with E-state index >= 15 is 0 Å². The largest absolute Gasteiger partial charge is 0.435 e. The van der Waals surface area contributed by atoms with E-state index in [1.165, 1.54) is 0 Å². The molecule has 3 rings (SSSR count). The van der Waals surface area contributed by atoms with E-state index in [-0.39, 0.29) is 0 Å². The van der Waals surface area contributed by atoms with Gasteiger partial charge in [-0.25, -0.2) is 4.98 Å². The molecule has 0 amide bonds. The molecule has 0 unspecified atom stereocenters. The highest BCUT2D eigenvalue weighted by molar-refractivity contribution is 9.10. The Morgan fingerprint density at radius 3 is 2.94 bits per heavy atom. The van der Waals surface area contributed by atoms with Crippen molar-refractivity contribution in [3.63, 3.8) is 0 Å². The molecule has 18 heavy (non-hydrogen) atoms. The first-order chi connectivity index (χ1) is 8.74. The maximum atomic E-state index is 5.74. The summed E-state index contributed by atoms with van der Waals surface area (Å²) in [7, 11) is 0. The van der Waals surface area contributed by atoms with Crippen molar-refractivity contribution in [2.75, 3.05) is 5.73 Å². The second-order valence-electron chi connectivity index (χ2n) is 3.66. The summed E-state index contributed by atoms with van der Waals surface area (Å²) in [4.78, 5) is 8.35. The van der Waals surface area contributed by atoms with Gasteiger partial charge in [-0.3, -0.25) is 4.40 Å². The maximum Gasteiger partial charge on any atom is 0.265 e. The van der Waals surface area contributed by atoms with Crippen molar-refractivity contribution in [3.05, 3.63) is 47.3 Å². The van der Waals surface area contributed by atoms with Crippen LogP contribution in [0.5, 0.6) is 11.6 Å². The zero-order chi connectivity index (χ0) is 12.5. The molecular formula is C12H9BrN4O. The third-order valence-electron chi connectivity index (χ3n) is 2.41. The molecule has 0 spiro atoms. The number of hydrogen-bond donors (Lipinski definition) is 1. The lowest BCUT2D eigenvalue weighted by molar-refractivity contribution is 0.463. The summed E-state index contributed by atoms with van der Waals surface area (Å²) in [5.74, 6) is 1.43. The van der Waals surface area contributed by atoms with Crippen LogP contribution in [0.1, 0.15) is 0 Å². The second kappa shape index (κ2) is 4.30. The summed E-state index contributed by atoms with van der Waals surface area (Å²) in [5, 5.41) is 0. The lowest BCUT2D eigenvalue weighted by Crippen LogP contribution is -1.99. The van der Waals surface area contributed by atoms with Crippen LogP contribution in [0.2, 0.25) is 0 Å². The van der Waals surface area contributed by atoms with Crippen LogP contribution in [-0.4, -0.2) is 14.4 Å². The van der Waals surface area contributed by atoms with Crippen LogP contribution < -0.4 is 10.5 Å². The molecule has 0 aliphatic rings. The molecule has 2 N–H and O–H groups in total. The highest BCUT2D eigenvalue weighted by atomic mass is 79.9. The van der Waals surface area contributed by atoms with Gasteiger partial charge in [0.05, 0.1) is 10.7 Å². The Hall–Kier alpha value is -2.08. The van der Waals surface area contributed by atoms with Gasteiger partial charge in [-0.05, 0) is 28.1 Å². The van der Waals surface area contributed by atoms with Crippen molar-refractivity contribution >= 4 is 27.4 Å². The number of hydrogen-bond acceptors (Lipinski definition) is 4. The molecule has 6 heteroatoms. The first-order valence-corrected chi connectivity index (χ1v) is 6.05. The van der Waals surface area contributed by atoms with E-state index < -0.39 is 0 Å². The van der Waals surface area contributed by atoms with Crippen LogP contribution in [0.15, 0.2) is 47.3 Å². The van der Waals surface area contributed by atoms with E-state index in [1.807, 2.05) is 24.3 Å². The Labute approximate surface area is 111 Å². The van der Waals surface area contributed by atoms with Crippen LogP contribution in [0.25, 0.3) is 5.65 Å². The molecule has 3 aromatic rings. The minimum atomic E-state index is 0.377. The third kappa shape index (κ3) is 1.91. The normalized spacial score (nSPS) is 10.7. The van der Waals surface area contributed by atoms with Crippen molar-refractivity contribution in [2.24, 2.45) is 0 Å². The first kappa shape index (κ1) is 11.0. The number of fused-ring (bicyclic) bond motifs is 1. The Morgan fingerprint density at radius 1 is 1.28 bits per heavy atom. The summed E-state index contributed by atoms with van der Waals surface area (Å²) in [5.41, 5.74) is 6.35. The van der Waals surface area contributed by atoms with Gasteiger partial charge in [0.15, 0.2) is 0 Å². The molecule has 1 aromatic carbocycles. The molecule has 0 saturated carbocycles. The number of imidazole rings is 1. The Kier molecular flexibility index (Phi) is 2.64. The van der Waals surface area contributed by atoms with E-state index in [9.17, 15) is 0 Å². The highest BCUT2D eigenvalue weighted by Crippen LogP contribution is 2.30. The van der Waals surface area contributed by atoms with Gasteiger partial charge in [-0.2, -0.15) is 4.98 Å². The number of anilines is 1. The highest BCUT2D eigenvalue weighted by Gasteiger charge is 2.10. The van der Waals surface area contributed by atoms with E-state index in [0.717, 1.165) is 4.47 Å². The average Bonchev–Trinajstić information content (AvgIpc) is 2.80. The maximum absolute atomic E-state index is 5.74. The van der Waals surface area contributed by atoms with Crippen molar-refractivity contribution in [1.82, 2.24) is 14.4 Å². The summed E-state index contributed by atoms with van der Waals surface area (Å²) in [6.45, 7) is 0. The lowest BCUT2D eigenvalue weighted by Gasteiger charge is -2.08. The molecule has 5 nitrogen and oxygen atoms in total. The zero-order valence-electron chi connectivity index (χ0n) is 9.25. The minimum Gasteiger partial charge on any atom is -0.435 e. The summed E-state index contributed by atoms with van der Waals surface area (Å²) in [6.07, 6.45) is 5.15. The Morgan fingerprint density at radius 2 is 2.11 bits per heavy atom. The first-order valence-electron chi connectivity index (χ1n) is 5.25. The van der Waals surface area contributed by atoms with E-state index in [4.69, 9.17) is 10.5 Å². The quantitative estimate of drug-likeness (QED) is 0.790. The number of rotatable bonds is 2. The van der Waals surface area contributed by atoms with Gasteiger partial charge in [-0.1, -0.05) is 12.1 Å². The molecular weight excluding hydrogens is 296 g/mol. The summed E-state index contributed by atoms with van der Waals surface area (Å²) >= 11 is 3.42. The molecule has 2 aromatic heterocycles. The molecule has 0 radical (unpaired) electrons. The van der Waals surface area contributed by atoms with E-state index in [1.54, 1.807) is 23.0 Å². The number of ether oxygens (including phenoxy) is 1. The van der Waals surface area contributed by atoms with Crippen LogP contribution in [0.4, 0.5) is 5.82 Å². The van der Waals surface area contributed by atoms with Crippen molar-refractivity contribution < 1.29 is 4.74 Å². The van der Waals surface area contributed by atoms with Gasteiger partial charge < -0.3 is 10.5 Å². The van der Waals surface area contributed by atoms with E-state index in [2.05, 4.69) is 25.9 Å². The van der Waals surface area contributed by atoms with Gasteiger partial charge in [0.1, 0.15) is 11.6 Å². The zero-order valence-corrected chi connectivity index (χ0v) is 10.8. The van der Waals surface area contributed by atoms with Gasteiger partial charge in [0.2, 0.25) is 5.65 Å². The predicted octanol–water partition coefficient (Wildman–Crippen LogP) is 2.87. The standard InChI is InChI=1S/C12H9BrN4O/c13-8-3-1-2-4-9(8)18-12-11-15-5-6-17(11)7-10(14)16-12/h1-7H,14H2. The number of nitrogens with two attached hydrogens (primary N) is 1. The topological polar surface area (TPSA) is 65.4 Å². The van der Waals surface area contributed by atoms with Crippen molar-refractivity contribution in [3.8, 4) is 11.6 Å². The lowest BCUT2D eigenvalue weighted by atomic mass is 10.3. The Balaban J connectivity index is 2.10. The fourth-order valence-electron chi connectivity index (χ4n) is 1.62. The molecule has 90 valence electrons. The predicted molar refractivity (Wildman–Crippen MR) is 71.6 cm³/mol. The van der Waals surface area contributed by atoms with Gasteiger partial charge in [-0.15, -0.1) is 0 Å². The van der Waals surface area contributed by atoms with Crippen LogP contribution >= 0.6 is 15.9 Å². The molecule has 0 saturated heterocycles.